The number of ether oxygens (including phenoxy) is 1. The highest BCUT2D eigenvalue weighted by Crippen LogP contribution is 2.29. The van der Waals surface area contributed by atoms with Gasteiger partial charge in [0.1, 0.15) is 11.6 Å². The van der Waals surface area contributed by atoms with Crippen molar-refractivity contribution >= 4 is 21.1 Å². The maximum atomic E-state index is 12.9. The second-order valence-electron chi connectivity index (χ2n) is 7.63. The Hall–Kier alpha value is -2.59. The van der Waals surface area contributed by atoms with Crippen molar-refractivity contribution < 1.29 is 26.3 Å². The van der Waals surface area contributed by atoms with Crippen molar-refractivity contribution in [3.63, 3.8) is 0 Å². The molecule has 4 rings (SSSR count). The molecule has 0 amide bonds. The third-order valence-corrected chi connectivity index (χ3v) is 7.47. The highest BCUT2D eigenvalue weighted by molar-refractivity contribution is 7.89. The topological polar surface area (TPSA) is 64.4 Å². The standard InChI is InChI=1S/C21H22F3N3O3S/c1-15-25-19-4-2-3-5-20(19)27(15)14-16-10-12-26(13-11-16)31(28,29)18-8-6-17(7-9-18)30-21(22,23)24/h2-9,16H,10-14H2,1H3. The van der Waals surface area contributed by atoms with Crippen LogP contribution in [0.1, 0.15) is 18.7 Å². The van der Waals surface area contributed by atoms with Gasteiger partial charge in [-0.3, -0.25) is 0 Å². The fraction of sp³-hybridized carbons (Fsp3) is 0.381. The normalized spacial score (nSPS) is 16.6. The summed E-state index contributed by atoms with van der Waals surface area (Å²) >= 11 is 0. The van der Waals surface area contributed by atoms with Gasteiger partial charge in [-0.05, 0) is 62.1 Å². The number of benzene rings is 2. The van der Waals surface area contributed by atoms with Crippen molar-refractivity contribution in [1.29, 1.82) is 0 Å². The molecule has 31 heavy (non-hydrogen) atoms. The van der Waals surface area contributed by atoms with Gasteiger partial charge in [-0.1, -0.05) is 12.1 Å². The molecule has 0 radical (unpaired) electrons. The van der Waals surface area contributed by atoms with Crippen LogP contribution in [0.3, 0.4) is 0 Å². The van der Waals surface area contributed by atoms with Crippen LogP contribution in [0.25, 0.3) is 11.0 Å². The first-order valence-corrected chi connectivity index (χ1v) is 11.4. The molecule has 1 saturated heterocycles. The Labute approximate surface area is 178 Å². The molecule has 2 aromatic carbocycles. The van der Waals surface area contributed by atoms with E-state index in [2.05, 4.69) is 14.3 Å². The minimum Gasteiger partial charge on any atom is -0.406 e. The minimum atomic E-state index is -4.82. The number of imidazole rings is 1. The van der Waals surface area contributed by atoms with Crippen molar-refractivity contribution in [2.75, 3.05) is 13.1 Å². The number of sulfonamides is 1. The lowest BCUT2D eigenvalue weighted by atomic mass is 9.98. The van der Waals surface area contributed by atoms with Gasteiger partial charge in [0.05, 0.1) is 15.9 Å². The number of para-hydroxylation sites is 2. The molecule has 0 unspecified atom stereocenters. The maximum Gasteiger partial charge on any atom is 0.573 e. The van der Waals surface area contributed by atoms with E-state index in [0.717, 1.165) is 47.7 Å². The monoisotopic (exact) mass is 453 g/mol. The lowest BCUT2D eigenvalue weighted by molar-refractivity contribution is -0.274. The third kappa shape index (κ3) is 4.69. The molecule has 1 aliphatic rings. The lowest BCUT2D eigenvalue weighted by Gasteiger charge is -2.31. The molecule has 3 aromatic rings. The smallest absolute Gasteiger partial charge is 0.406 e. The molecular formula is C21H22F3N3O3S. The second kappa shape index (κ2) is 8.16. The Morgan fingerprint density at radius 3 is 2.35 bits per heavy atom. The van der Waals surface area contributed by atoms with Gasteiger partial charge in [-0.2, -0.15) is 4.31 Å². The van der Waals surface area contributed by atoms with Crippen molar-refractivity contribution in [3.8, 4) is 5.75 Å². The average molecular weight is 453 g/mol. The molecule has 1 aromatic heterocycles. The number of nitrogens with zero attached hydrogens (tertiary/aromatic N) is 3. The van der Waals surface area contributed by atoms with E-state index in [9.17, 15) is 21.6 Å². The van der Waals surface area contributed by atoms with Crippen LogP contribution in [-0.2, 0) is 16.6 Å². The molecule has 2 heterocycles. The van der Waals surface area contributed by atoms with E-state index in [1.807, 2.05) is 31.2 Å². The Balaban J connectivity index is 1.41. The SMILES string of the molecule is Cc1nc2ccccc2n1CC1CCN(S(=O)(=O)c2ccc(OC(F)(F)F)cc2)CC1. The van der Waals surface area contributed by atoms with Crippen molar-refractivity contribution in [2.45, 2.75) is 37.6 Å². The Morgan fingerprint density at radius 2 is 1.71 bits per heavy atom. The Kier molecular flexibility index (Phi) is 5.69. The van der Waals surface area contributed by atoms with Gasteiger partial charge in [0, 0.05) is 19.6 Å². The molecule has 0 bridgehead atoms. The number of alkyl halides is 3. The van der Waals surface area contributed by atoms with Gasteiger partial charge in [0.25, 0.3) is 0 Å². The molecule has 1 fully saturated rings. The van der Waals surface area contributed by atoms with E-state index >= 15 is 0 Å². The third-order valence-electron chi connectivity index (χ3n) is 5.55. The molecule has 0 saturated carbocycles. The average Bonchev–Trinajstić information content (AvgIpc) is 3.03. The predicted octanol–water partition coefficient (Wildman–Crippen LogP) is 4.34. The number of fused-ring (bicyclic) bond motifs is 1. The lowest BCUT2D eigenvalue weighted by Crippen LogP contribution is -2.39. The molecule has 10 heteroatoms. The second-order valence-corrected chi connectivity index (χ2v) is 9.56. The Bertz CT molecular complexity index is 1170. The summed E-state index contributed by atoms with van der Waals surface area (Å²) in [5, 5.41) is 0. The van der Waals surface area contributed by atoms with Gasteiger partial charge in [0.15, 0.2) is 0 Å². The summed E-state index contributed by atoms with van der Waals surface area (Å²) in [6.07, 6.45) is -3.43. The van der Waals surface area contributed by atoms with Gasteiger partial charge in [-0.25, -0.2) is 13.4 Å². The predicted molar refractivity (Wildman–Crippen MR) is 109 cm³/mol. The van der Waals surface area contributed by atoms with Gasteiger partial charge >= 0.3 is 6.36 Å². The first-order chi connectivity index (χ1) is 14.6. The molecule has 0 N–H and O–H groups in total. The molecule has 0 spiro atoms. The van der Waals surface area contributed by atoms with Crippen molar-refractivity contribution in [2.24, 2.45) is 5.92 Å². The highest BCUT2D eigenvalue weighted by Gasteiger charge is 2.32. The quantitative estimate of drug-likeness (QED) is 0.576. The van der Waals surface area contributed by atoms with Crippen molar-refractivity contribution in [3.05, 3.63) is 54.4 Å². The van der Waals surface area contributed by atoms with Crippen LogP contribution in [0.5, 0.6) is 5.75 Å². The molecule has 166 valence electrons. The number of piperidine rings is 1. The zero-order chi connectivity index (χ0) is 22.2. The fourth-order valence-corrected chi connectivity index (χ4v) is 5.45. The summed E-state index contributed by atoms with van der Waals surface area (Å²) in [6.45, 7) is 3.45. The van der Waals surface area contributed by atoms with Gasteiger partial charge < -0.3 is 9.30 Å². The van der Waals surface area contributed by atoms with Crippen LogP contribution in [0.4, 0.5) is 13.2 Å². The number of aromatic nitrogens is 2. The van der Waals surface area contributed by atoms with Crippen LogP contribution >= 0.6 is 0 Å². The number of rotatable bonds is 5. The fourth-order valence-electron chi connectivity index (χ4n) is 3.98. The summed E-state index contributed by atoms with van der Waals surface area (Å²) in [6, 6.07) is 12.2. The molecular weight excluding hydrogens is 431 g/mol. The maximum absolute atomic E-state index is 12.9. The zero-order valence-corrected chi connectivity index (χ0v) is 17.7. The highest BCUT2D eigenvalue weighted by atomic mass is 32.2. The first-order valence-electron chi connectivity index (χ1n) is 9.91. The first kappa shape index (κ1) is 21.6. The number of hydrogen-bond donors (Lipinski definition) is 0. The Morgan fingerprint density at radius 1 is 1.06 bits per heavy atom. The molecule has 6 nitrogen and oxygen atoms in total. The van der Waals surface area contributed by atoms with E-state index in [1.54, 1.807) is 0 Å². The van der Waals surface area contributed by atoms with Crippen LogP contribution in [-0.4, -0.2) is 41.7 Å². The van der Waals surface area contributed by atoms with Gasteiger partial charge in [0.2, 0.25) is 10.0 Å². The van der Waals surface area contributed by atoms with E-state index in [4.69, 9.17) is 0 Å². The van der Waals surface area contributed by atoms with Crippen LogP contribution in [0.2, 0.25) is 0 Å². The van der Waals surface area contributed by atoms with Crippen LogP contribution in [0.15, 0.2) is 53.4 Å². The van der Waals surface area contributed by atoms with Crippen LogP contribution < -0.4 is 4.74 Å². The number of aryl methyl sites for hydroxylation is 1. The van der Waals surface area contributed by atoms with E-state index in [0.29, 0.717) is 31.8 Å². The summed E-state index contributed by atoms with van der Waals surface area (Å²) < 4.78 is 70.0. The summed E-state index contributed by atoms with van der Waals surface area (Å²) in [7, 11) is -3.77. The summed E-state index contributed by atoms with van der Waals surface area (Å²) in [5.74, 6) is 0.788. The van der Waals surface area contributed by atoms with E-state index in [-0.39, 0.29) is 4.90 Å². The zero-order valence-electron chi connectivity index (χ0n) is 16.8. The number of hydrogen-bond acceptors (Lipinski definition) is 4. The molecule has 0 aliphatic carbocycles. The van der Waals surface area contributed by atoms with Gasteiger partial charge in [-0.15, -0.1) is 13.2 Å². The van der Waals surface area contributed by atoms with Crippen LogP contribution in [0, 0.1) is 12.8 Å². The largest absolute Gasteiger partial charge is 0.573 e. The summed E-state index contributed by atoms with van der Waals surface area (Å²) in [4.78, 5) is 4.53. The minimum absolute atomic E-state index is 0.0445. The number of halogens is 3. The molecule has 1 aliphatic heterocycles. The molecule has 0 atom stereocenters. The summed E-state index contributed by atoms with van der Waals surface area (Å²) in [5.41, 5.74) is 2.01. The van der Waals surface area contributed by atoms with E-state index < -0.39 is 22.1 Å². The van der Waals surface area contributed by atoms with Crippen molar-refractivity contribution in [1.82, 2.24) is 13.9 Å². The van der Waals surface area contributed by atoms with E-state index in [1.165, 1.54) is 4.31 Å².